The third-order valence-corrected chi connectivity index (χ3v) is 6.21. The summed E-state index contributed by atoms with van der Waals surface area (Å²) in [5.41, 5.74) is 4.91. The summed E-state index contributed by atoms with van der Waals surface area (Å²) in [5, 5.41) is 13.1. The molecule has 0 atom stereocenters. The topological polar surface area (TPSA) is 85.6 Å². The molecule has 0 fully saturated rings. The predicted octanol–water partition coefficient (Wildman–Crippen LogP) is 4.34. The van der Waals surface area contributed by atoms with Gasteiger partial charge in [0.15, 0.2) is 10.3 Å². The van der Waals surface area contributed by atoms with Gasteiger partial charge in [0.1, 0.15) is 5.82 Å². The van der Waals surface area contributed by atoms with Gasteiger partial charge in [-0.25, -0.2) is 9.97 Å². The lowest BCUT2D eigenvalue weighted by atomic mass is 10.1. The predicted molar refractivity (Wildman–Crippen MR) is 122 cm³/mol. The maximum absolute atomic E-state index is 12.4. The highest BCUT2D eigenvalue weighted by atomic mass is 32.2. The quantitative estimate of drug-likeness (QED) is 0.410. The molecule has 0 saturated carbocycles. The Morgan fingerprint density at radius 1 is 1.03 bits per heavy atom. The highest BCUT2D eigenvalue weighted by molar-refractivity contribution is 7.99. The first kappa shape index (κ1) is 22.3. The van der Waals surface area contributed by atoms with Crippen LogP contribution in [0.2, 0.25) is 0 Å². The Hall–Kier alpha value is -2.39. The van der Waals surface area contributed by atoms with Gasteiger partial charge in [-0.05, 0) is 57.9 Å². The highest BCUT2D eigenvalue weighted by Crippen LogP contribution is 2.23. The van der Waals surface area contributed by atoms with Crippen molar-refractivity contribution >= 4 is 35.1 Å². The number of anilines is 1. The molecular weight excluding hydrogens is 416 g/mol. The van der Waals surface area contributed by atoms with E-state index < -0.39 is 0 Å². The molecule has 158 valence electrons. The fourth-order valence-corrected chi connectivity index (χ4v) is 4.63. The summed E-state index contributed by atoms with van der Waals surface area (Å²) in [6.07, 6.45) is 0. The van der Waals surface area contributed by atoms with Crippen molar-refractivity contribution in [3.8, 4) is 0 Å². The molecule has 0 unspecified atom stereocenters. The van der Waals surface area contributed by atoms with Gasteiger partial charge in [-0.15, -0.1) is 10.2 Å². The molecule has 0 bridgehead atoms. The Kier molecular flexibility index (Phi) is 7.49. The zero-order valence-corrected chi connectivity index (χ0v) is 19.5. The van der Waals surface area contributed by atoms with Crippen LogP contribution in [0.1, 0.15) is 35.3 Å². The lowest BCUT2D eigenvalue weighted by Gasteiger charge is -2.10. The second kappa shape index (κ2) is 10.1. The number of amides is 1. The molecule has 0 radical (unpaired) electrons. The molecule has 0 aliphatic carbocycles. The Morgan fingerprint density at radius 3 is 2.47 bits per heavy atom. The van der Waals surface area contributed by atoms with Gasteiger partial charge in [-0.1, -0.05) is 35.7 Å². The summed E-state index contributed by atoms with van der Waals surface area (Å²) < 4.78 is 2.03. The van der Waals surface area contributed by atoms with E-state index in [1.807, 2.05) is 63.5 Å². The number of benzene rings is 1. The third kappa shape index (κ3) is 5.82. The van der Waals surface area contributed by atoms with Crippen LogP contribution in [-0.4, -0.2) is 36.4 Å². The Morgan fingerprint density at radius 2 is 1.77 bits per heavy atom. The number of aryl methyl sites for hydroxylation is 4. The van der Waals surface area contributed by atoms with Crippen LogP contribution < -0.4 is 5.32 Å². The molecule has 9 heteroatoms. The average Bonchev–Trinajstić information content (AvgIpc) is 3.08. The molecule has 1 amide bonds. The zero-order chi connectivity index (χ0) is 21.7. The number of aromatic nitrogens is 5. The smallest absolute Gasteiger partial charge is 0.234 e. The van der Waals surface area contributed by atoms with Crippen LogP contribution in [0.25, 0.3) is 0 Å². The summed E-state index contributed by atoms with van der Waals surface area (Å²) in [7, 11) is 0. The van der Waals surface area contributed by atoms with Crippen molar-refractivity contribution in [2.24, 2.45) is 0 Å². The summed E-state index contributed by atoms with van der Waals surface area (Å²) in [5.74, 6) is 1.69. The Bertz CT molecular complexity index is 1030. The largest absolute Gasteiger partial charge is 0.325 e. The highest BCUT2D eigenvalue weighted by Gasteiger charge is 2.15. The molecule has 2 heterocycles. The van der Waals surface area contributed by atoms with Crippen LogP contribution in [0.3, 0.4) is 0 Å². The maximum Gasteiger partial charge on any atom is 0.234 e. The minimum atomic E-state index is -0.0566. The first-order valence-corrected chi connectivity index (χ1v) is 11.7. The molecule has 0 spiro atoms. The summed E-state index contributed by atoms with van der Waals surface area (Å²) in [4.78, 5) is 21.3. The van der Waals surface area contributed by atoms with Gasteiger partial charge in [0.25, 0.3) is 0 Å². The number of carbonyl (C=O) groups excluding carboxylic acids is 1. The van der Waals surface area contributed by atoms with Gasteiger partial charge in [0.05, 0.1) is 11.5 Å². The molecule has 3 rings (SSSR count). The summed E-state index contributed by atoms with van der Waals surface area (Å²) in [6.45, 7) is 10.7. The second-order valence-corrected chi connectivity index (χ2v) is 8.91. The number of rotatable bonds is 8. The van der Waals surface area contributed by atoms with E-state index in [9.17, 15) is 4.79 Å². The summed E-state index contributed by atoms with van der Waals surface area (Å²) in [6, 6.07) is 7.98. The van der Waals surface area contributed by atoms with E-state index in [4.69, 9.17) is 0 Å². The lowest BCUT2D eigenvalue weighted by molar-refractivity contribution is -0.113. The van der Waals surface area contributed by atoms with Crippen molar-refractivity contribution in [2.45, 2.75) is 57.2 Å². The molecule has 0 saturated heterocycles. The van der Waals surface area contributed by atoms with E-state index in [0.717, 1.165) is 50.9 Å². The number of hydrogen-bond donors (Lipinski definition) is 1. The SMILES string of the molecule is CCn1c(CSc2nc(C)cc(C)n2)nnc1SCC(=O)Nc1cc(C)ccc1C. The molecule has 0 aliphatic rings. The standard InChI is InChI=1S/C21H26N6OS2/c1-6-27-18(11-29-20-22-15(4)10-16(5)23-20)25-26-21(27)30-12-19(28)24-17-9-13(2)7-8-14(17)3/h7-10H,6,11-12H2,1-5H3,(H,24,28). The van der Waals surface area contributed by atoms with Crippen LogP contribution in [0, 0.1) is 27.7 Å². The van der Waals surface area contributed by atoms with Crippen molar-refractivity contribution in [1.82, 2.24) is 24.7 Å². The van der Waals surface area contributed by atoms with Crippen LogP contribution >= 0.6 is 23.5 Å². The lowest BCUT2D eigenvalue weighted by Crippen LogP contribution is -2.15. The Labute approximate surface area is 185 Å². The molecule has 2 aromatic heterocycles. The summed E-state index contributed by atoms with van der Waals surface area (Å²) >= 11 is 2.93. The van der Waals surface area contributed by atoms with Crippen LogP contribution in [0.15, 0.2) is 34.6 Å². The maximum atomic E-state index is 12.4. The van der Waals surface area contributed by atoms with E-state index >= 15 is 0 Å². The zero-order valence-electron chi connectivity index (χ0n) is 17.9. The van der Waals surface area contributed by atoms with Gasteiger partial charge < -0.3 is 9.88 Å². The molecule has 0 aliphatic heterocycles. The molecular formula is C21H26N6OS2. The monoisotopic (exact) mass is 442 g/mol. The minimum Gasteiger partial charge on any atom is -0.325 e. The third-order valence-electron chi connectivity index (χ3n) is 4.40. The van der Waals surface area contributed by atoms with E-state index in [1.54, 1.807) is 0 Å². The first-order valence-electron chi connectivity index (χ1n) is 9.72. The van der Waals surface area contributed by atoms with Crippen molar-refractivity contribution in [3.63, 3.8) is 0 Å². The van der Waals surface area contributed by atoms with Gasteiger partial charge in [-0.3, -0.25) is 4.79 Å². The van der Waals surface area contributed by atoms with Crippen molar-refractivity contribution < 1.29 is 4.79 Å². The van der Waals surface area contributed by atoms with E-state index in [0.29, 0.717) is 5.75 Å². The van der Waals surface area contributed by atoms with Gasteiger partial charge >= 0.3 is 0 Å². The molecule has 7 nitrogen and oxygen atoms in total. The number of nitrogens with one attached hydrogen (secondary N) is 1. The Balaban J connectivity index is 1.61. The van der Waals surface area contributed by atoms with Gasteiger partial charge in [-0.2, -0.15) is 0 Å². The number of nitrogens with zero attached hydrogens (tertiary/aromatic N) is 5. The van der Waals surface area contributed by atoms with Gasteiger partial charge in [0.2, 0.25) is 5.91 Å². The van der Waals surface area contributed by atoms with Crippen LogP contribution in [-0.2, 0) is 17.1 Å². The molecule has 3 aromatic rings. The van der Waals surface area contributed by atoms with Crippen molar-refractivity contribution in [1.29, 1.82) is 0 Å². The van der Waals surface area contributed by atoms with Crippen LogP contribution in [0.5, 0.6) is 0 Å². The normalized spacial score (nSPS) is 11.0. The fraction of sp³-hybridized carbons (Fsp3) is 0.381. The fourth-order valence-electron chi connectivity index (χ4n) is 2.92. The molecule has 30 heavy (non-hydrogen) atoms. The number of thioether (sulfide) groups is 2. The van der Waals surface area contributed by atoms with Crippen molar-refractivity contribution in [2.75, 3.05) is 11.1 Å². The number of carbonyl (C=O) groups is 1. The van der Waals surface area contributed by atoms with Crippen molar-refractivity contribution in [3.05, 3.63) is 52.6 Å². The second-order valence-electron chi connectivity index (χ2n) is 7.02. The van der Waals surface area contributed by atoms with Gasteiger partial charge in [0, 0.05) is 23.6 Å². The van der Waals surface area contributed by atoms with Crippen LogP contribution in [0.4, 0.5) is 5.69 Å². The van der Waals surface area contributed by atoms with E-state index in [2.05, 4.69) is 25.5 Å². The minimum absolute atomic E-state index is 0.0566. The molecule has 1 aromatic carbocycles. The average molecular weight is 443 g/mol. The molecule has 1 N–H and O–H groups in total. The number of hydrogen-bond acceptors (Lipinski definition) is 7. The first-order chi connectivity index (χ1) is 14.4. The van der Waals surface area contributed by atoms with E-state index in [1.165, 1.54) is 23.5 Å². The van der Waals surface area contributed by atoms with E-state index in [-0.39, 0.29) is 11.7 Å².